The molecule has 0 aromatic heterocycles. The summed E-state index contributed by atoms with van der Waals surface area (Å²) in [6, 6.07) is 13.2. The van der Waals surface area contributed by atoms with E-state index in [-0.39, 0.29) is 17.4 Å². The minimum Gasteiger partial charge on any atom is -0.489 e. The normalized spacial score (nSPS) is 16.7. The molecule has 0 bridgehead atoms. The van der Waals surface area contributed by atoms with E-state index in [0.717, 1.165) is 23.1 Å². The third-order valence-corrected chi connectivity index (χ3v) is 6.77. The van der Waals surface area contributed by atoms with Gasteiger partial charge in [-0.3, -0.25) is 5.32 Å². The Labute approximate surface area is 254 Å². The first-order valence-electron chi connectivity index (χ1n) is 13.1. The summed E-state index contributed by atoms with van der Waals surface area (Å²) >= 11 is 12.1. The van der Waals surface area contributed by atoms with Crippen molar-refractivity contribution in [2.24, 2.45) is 0 Å². The maximum atomic E-state index is 12.3. The van der Waals surface area contributed by atoms with Gasteiger partial charge in [0.15, 0.2) is 11.5 Å². The number of hydrogen-bond acceptors (Lipinski definition) is 7. The van der Waals surface area contributed by atoms with Crippen LogP contribution in [0.4, 0.5) is 4.79 Å². The van der Waals surface area contributed by atoms with Gasteiger partial charge in [0.25, 0.3) is 0 Å². The highest BCUT2D eigenvalue weighted by Crippen LogP contribution is 2.38. The third kappa shape index (κ3) is 8.44. The van der Waals surface area contributed by atoms with Gasteiger partial charge in [0.1, 0.15) is 36.2 Å². The lowest BCUT2D eigenvalue weighted by molar-refractivity contribution is -0.136. The number of amides is 1. The van der Waals surface area contributed by atoms with E-state index in [1.54, 1.807) is 32.9 Å². The van der Waals surface area contributed by atoms with Gasteiger partial charge in [0.05, 0.1) is 17.2 Å². The number of allylic oxidation sites excluding steroid dienone is 5. The van der Waals surface area contributed by atoms with Crippen LogP contribution in [0.2, 0.25) is 10.0 Å². The SMILES string of the molecule is COC(=O)C(=CC1=COC=C(C2=CC=CC[C@@H]2c2ccc(OCc3ccc(Cl)c(Cl)c3)cc2)O1)NC(=O)OC(C)(C)C. The van der Waals surface area contributed by atoms with Crippen molar-refractivity contribution in [3.05, 3.63) is 123 Å². The van der Waals surface area contributed by atoms with E-state index in [4.69, 9.17) is 46.9 Å². The predicted octanol–water partition coefficient (Wildman–Crippen LogP) is 7.85. The molecule has 2 aliphatic rings. The Morgan fingerprint density at radius 2 is 1.83 bits per heavy atom. The van der Waals surface area contributed by atoms with E-state index in [2.05, 4.69) is 11.4 Å². The molecule has 0 spiro atoms. The van der Waals surface area contributed by atoms with Crippen LogP contribution in [0.3, 0.4) is 0 Å². The van der Waals surface area contributed by atoms with Gasteiger partial charge < -0.3 is 23.7 Å². The molecule has 42 heavy (non-hydrogen) atoms. The smallest absolute Gasteiger partial charge is 0.412 e. The second kappa shape index (κ2) is 13.7. The number of rotatable bonds is 8. The van der Waals surface area contributed by atoms with Gasteiger partial charge in [-0.15, -0.1) is 0 Å². The Kier molecular flexibility index (Phi) is 10.0. The minimum absolute atomic E-state index is 0.0303. The predicted molar refractivity (Wildman–Crippen MR) is 160 cm³/mol. The lowest BCUT2D eigenvalue weighted by Gasteiger charge is -2.26. The molecule has 220 valence electrons. The van der Waals surface area contributed by atoms with E-state index in [9.17, 15) is 9.59 Å². The summed E-state index contributed by atoms with van der Waals surface area (Å²) in [7, 11) is 1.21. The molecule has 1 aliphatic heterocycles. The zero-order valence-electron chi connectivity index (χ0n) is 23.6. The molecule has 4 rings (SSSR count). The van der Waals surface area contributed by atoms with Gasteiger partial charge in [0, 0.05) is 17.6 Å². The first-order chi connectivity index (χ1) is 20.0. The fourth-order valence-corrected chi connectivity index (χ4v) is 4.45. The average molecular weight is 613 g/mol. The Balaban J connectivity index is 1.45. The number of benzene rings is 2. The van der Waals surface area contributed by atoms with Crippen LogP contribution in [-0.4, -0.2) is 24.8 Å². The fourth-order valence-electron chi connectivity index (χ4n) is 4.13. The van der Waals surface area contributed by atoms with Crippen molar-refractivity contribution >= 4 is 35.3 Å². The summed E-state index contributed by atoms with van der Waals surface area (Å²) in [5.41, 5.74) is 1.91. The number of methoxy groups -OCH3 is 1. The number of ether oxygens (including phenoxy) is 5. The Hall–Kier alpha value is -4.14. The van der Waals surface area contributed by atoms with E-state index in [0.29, 0.717) is 28.2 Å². The molecular formula is C32H31Cl2NO7. The zero-order chi connectivity index (χ0) is 30.3. The first-order valence-corrected chi connectivity index (χ1v) is 13.9. The van der Waals surface area contributed by atoms with Gasteiger partial charge in [-0.25, -0.2) is 9.59 Å². The summed E-state index contributed by atoms with van der Waals surface area (Å²) in [6.45, 7) is 5.50. The van der Waals surface area contributed by atoms with Crippen molar-refractivity contribution in [2.75, 3.05) is 7.11 Å². The number of esters is 1. The zero-order valence-corrected chi connectivity index (χ0v) is 25.1. The summed E-state index contributed by atoms with van der Waals surface area (Å²) in [4.78, 5) is 24.6. The highest BCUT2D eigenvalue weighted by Gasteiger charge is 2.26. The standard InChI is InChI=1S/C32H31Cl2NO7/c1-32(2,3)42-31(37)35-28(30(36)38-4)16-23-18-39-19-29(41-23)25-8-6-5-7-24(25)21-10-12-22(13-11-21)40-17-20-9-14-26(33)27(34)15-20/h5-6,8-16,18-19,24H,7,17H2,1-4H3,(H,35,37)/t24-/m1/s1. The molecule has 1 amide bonds. The van der Waals surface area contributed by atoms with Crippen molar-refractivity contribution in [1.82, 2.24) is 5.32 Å². The number of carbonyl (C=O) groups is 2. The van der Waals surface area contributed by atoms with Crippen molar-refractivity contribution < 1.29 is 33.3 Å². The van der Waals surface area contributed by atoms with E-state index >= 15 is 0 Å². The van der Waals surface area contributed by atoms with Gasteiger partial charge >= 0.3 is 12.1 Å². The van der Waals surface area contributed by atoms with Crippen LogP contribution in [0.1, 0.15) is 44.2 Å². The number of nitrogens with one attached hydrogen (secondary N) is 1. The second-order valence-electron chi connectivity index (χ2n) is 10.4. The highest BCUT2D eigenvalue weighted by molar-refractivity contribution is 6.42. The topological polar surface area (TPSA) is 92.3 Å². The molecule has 10 heteroatoms. The number of halogens is 2. The van der Waals surface area contributed by atoms with Crippen molar-refractivity contribution in [2.45, 2.75) is 45.3 Å². The van der Waals surface area contributed by atoms with Crippen molar-refractivity contribution in [1.29, 1.82) is 0 Å². The van der Waals surface area contributed by atoms with Crippen LogP contribution in [-0.2, 0) is 30.3 Å². The highest BCUT2D eigenvalue weighted by atomic mass is 35.5. The van der Waals surface area contributed by atoms with E-state index < -0.39 is 17.7 Å². The van der Waals surface area contributed by atoms with Crippen LogP contribution in [0, 0.1) is 0 Å². The van der Waals surface area contributed by atoms with Crippen molar-refractivity contribution in [3.63, 3.8) is 0 Å². The Morgan fingerprint density at radius 3 is 2.52 bits per heavy atom. The first kappa shape index (κ1) is 30.8. The van der Waals surface area contributed by atoms with E-state index in [1.165, 1.54) is 25.7 Å². The number of carbonyl (C=O) groups excluding carboxylic acids is 2. The molecule has 2 aromatic rings. The molecule has 8 nitrogen and oxygen atoms in total. The summed E-state index contributed by atoms with van der Waals surface area (Å²) in [6.07, 6.45) is 10.0. The molecule has 1 N–H and O–H groups in total. The van der Waals surface area contributed by atoms with Gasteiger partial charge in [-0.1, -0.05) is 59.6 Å². The van der Waals surface area contributed by atoms with Crippen LogP contribution in [0.15, 0.2) is 102 Å². The maximum Gasteiger partial charge on any atom is 0.412 e. The molecule has 1 aliphatic carbocycles. The Morgan fingerprint density at radius 1 is 1.07 bits per heavy atom. The molecule has 1 heterocycles. The maximum absolute atomic E-state index is 12.3. The molecule has 2 aromatic carbocycles. The number of hydrogen-bond donors (Lipinski definition) is 1. The van der Waals surface area contributed by atoms with Crippen LogP contribution < -0.4 is 10.1 Å². The lowest BCUT2D eigenvalue weighted by Crippen LogP contribution is -2.34. The third-order valence-electron chi connectivity index (χ3n) is 6.03. The van der Waals surface area contributed by atoms with Crippen LogP contribution >= 0.6 is 23.2 Å². The van der Waals surface area contributed by atoms with Crippen molar-refractivity contribution in [3.8, 4) is 5.75 Å². The quantitative estimate of drug-likeness (QED) is 0.240. The molecule has 0 saturated carbocycles. The molecule has 0 radical (unpaired) electrons. The van der Waals surface area contributed by atoms with Crippen LogP contribution in [0.5, 0.6) is 5.75 Å². The summed E-state index contributed by atoms with van der Waals surface area (Å²) in [5, 5.41) is 3.39. The van der Waals surface area contributed by atoms with Gasteiger partial charge in [0.2, 0.25) is 0 Å². The van der Waals surface area contributed by atoms with Gasteiger partial charge in [-0.05, 0) is 62.6 Å². The summed E-state index contributed by atoms with van der Waals surface area (Å²) < 4.78 is 27.6. The average Bonchev–Trinajstić information content (AvgIpc) is 2.96. The van der Waals surface area contributed by atoms with E-state index in [1.807, 2.05) is 42.5 Å². The summed E-state index contributed by atoms with van der Waals surface area (Å²) in [5.74, 6) is 0.544. The molecule has 0 unspecified atom stereocenters. The molecule has 1 atom stereocenters. The number of alkyl carbamates (subject to hydrolysis) is 1. The minimum atomic E-state index is -0.808. The molecule has 0 fully saturated rings. The largest absolute Gasteiger partial charge is 0.489 e. The monoisotopic (exact) mass is 611 g/mol. The fraction of sp³-hybridized carbons (Fsp3) is 0.250. The lowest BCUT2D eigenvalue weighted by atomic mass is 9.84. The molecule has 0 saturated heterocycles. The second-order valence-corrected chi connectivity index (χ2v) is 11.2. The molecular weight excluding hydrogens is 581 g/mol. The van der Waals surface area contributed by atoms with Crippen LogP contribution in [0.25, 0.3) is 0 Å². The van der Waals surface area contributed by atoms with Gasteiger partial charge in [-0.2, -0.15) is 0 Å². The Bertz CT molecular complexity index is 1480.